The molecule has 1 saturated carbocycles. The number of hydrogen-bond donors (Lipinski definition) is 2. The normalized spacial score (nSPS) is 29.6. The van der Waals surface area contributed by atoms with Gasteiger partial charge in [0.15, 0.2) is 0 Å². The standard InChI is InChI=1S/C10H18N2O4S/c1-2-8-5-7(6-12(8)10(13)14)11-17(15,16)9-3-4-9/h7-9,11H,2-6H2,1H3,(H,13,14). The molecule has 7 heteroatoms. The number of carbonyl (C=O) groups is 1. The van der Waals surface area contributed by atoms with E-state index >= 15 is 0 Å². The SMILES string of the molecule is CCC1CC(NS(=O)(=O)C2CC2)CN1C(=O)O. The molecular formula is C10H18N2O4S. The second-order valence-corrected chi connectivity index (χ2v) is 6.78. The molecule has 2 unspecified atom stereocenters. The topological polar surface area (TPSA) is 86.7 Å². The van der Waals surface area contributed by atoms with Crippen LogP contribution < -0.4 is 4.72 Å². The molecule has 1 aliphatic carbocycles. The minimum atomic E-state index is -3.22. The van der Waals surface area contributed by atoms with Crippen LogP contribution in [0.4, 0.5) is 4.79 Å². The van der Waals surface area contributed by atoms with E-state index in [0.29, 0.717) is 12.8 Å². The molecule has 2 atom stereocenters. The first-order chi connectivity index (χ1) is 7.94. The number of carboxylic acid groups (broad SMARTS) is 1. The minimum absolute atomic E-state index is 0.0700. The van der Waals surface area contributed by atoms with Crippen LogP contribution in [0.15, 0.2) is 0 Å². The molecule has 0 radical (unpaired) electrons. The van der Waals surface area contributed by atoms with Gasteiger partial charge in [0, 0.05) is 18.6 Å². The average molecular weight is 262 g/mol. The molecule has 0 spiro atoms. The lowest BCUT2D eigenvalue weighted by Gasteiger charge is -2.19. The van der Waals surface area contributed by atoms with Crippen LogP contribution >= 0.6 is 0 Å². The molecule has 0 bridgehead atoms. The molecule has 6 nitrogen and oxygen atoms in total. The van der Waals surface area contributed by atoms with Crippen molar-refractivity contribution < 1.29 is 18.3 Å². The molecule has 1 amide bonds. The summed E-state index contributed by atoms with van der Waals surface area (Å²) in [5.74, 6) is 0. The summed E-state index contributed by atoms with van der Waals surface area (Å²) >= 11 is 0. The molecule has 1 saturated heterocycles. The van der Waals surface area contributed by atoms with Crippen molar-refractivity contribution in [3.63, 3.8) is 0 Å². The Bertz CT molecular complexity index is 405. The van der Waals surface area contributed by atoms with Crippen molar-refractivity contribution in [2.45, 2.75) is 49.9 Å². The zero-order valence-corrected chi connectivity index (χ0v) is 10.6. The van der Waals surface area contributed by atoms with E-state index in [-0.39, 0.29) is 23.9 Å². The molecule has 1 aliphatic heterocycles. The second-order valence-electron chi connectivity index (χ2n) is 4.79. The van der Waals surface area contributed by atoms with Gasteiger partial charge in [-0.1, -0.05) is 6.92 Å². The Hall–Kier alpha value is -0.820. The molecule has 2 aliphatic rings. The molecule has 2 fully saturated rings. The van der Waals surface area contributed by atoms with Gasteiger partial charge in [-0.15, -0.1) is 0 Å². The number of nitrogens with one attached hydrogen (secondary N) is 1. The van der Waals surface area contributed by atoms with Crippen LogP contribution in [0.25, 0.3) is 0 Å². The first kappa shape index (κ1) is 12.6. The highest BCUT2D eigenvalue weighted by Gasteiger charge is 2.41. The van der Waals surface area contributed by atoms with Gasteiger partial charge >= 0.3 is 6.09 Å². The number of rotatable bonds is 4. The summed E-state index contributed by atoms with van der Waals surface area (Å²) in [7, 11) is -3.22. The molecule has 0 aromatic rings. The number of amides is 1. The molecule has 0 aromatic heterocycles. The molecular weight excluding hydrogens is 244 g/mol. The zero-order chi connectivity index (χ0) is 12.6. The van der Waals surface area contributed by atoms with Crippen LogP contribution in [0.5, 0.6) is 0 Å². The summed E-state index contributed by atoms with van der Waals surface area (Å²) in [6, 6.07) is -0.332. The summed E-state index contributed by atoms with van der Waals surface area (Å²) in [5.41, 5.74) is 0. The summed E-state index contributed by atoms with van der Waals surface area (Å²) in [4.78, 5) is 12.3. The van der Waals surface area contributed by atoms with Crippen molar-refractivity contribution in [3.8, 4) is 0 Å². The predicted octanol–water partition coefficient (Wildman–Crippen LogP) is 0.599. The van der Waals surface area contributed by atoms with E-state index in [4.69, 9.17) is 5.11 Å². The third-order valence-corrected chi connectivity index (χ3v) is 5.44. The van der Waals surface area contributed by atoms with Gasteiger partial charge in [0.05, 0.1) is 5.25 Å². The fourth-order valence-corrected chi connectivity index (χ4v) is 3.91. The lowest BCUT2D eigenvalue weighted by molar-refractivity contribution is 0.139. The summed E-state index contributed by atoms with van der Waals surface area (Å²) in [5, 5.41) is 8.75. The predicted molar refractivity (Wildman–Crippen MR) is 62.3 cm³/mol. The second kappa shape index (κ2) is 4.45. The maximum atomic E-state index is 11.7. The fraction of sp³-hybridized carbons (Fsp3) is 0.900. The van der Waals surface area contributed by atoms with Gasteiger partial charge in [0.1, 0.15) is 0 Å². The average Bonchev–Trinajstić information content (AvgIpc) is 3.01. The van der Waals surface area contributed by atoms with Crippen LogP contribution in [0.1, 0.15) is 32.6 Å². The van der Waals surface area contributed by atoms with Crippen LogP contribution in [0, 0.1) is 0 Å². The Morgan fingerprint density at radius 1 is 1.47 bits per heavy atom. The summed E-state index contributed by atoms with van der Waals surface area (Å²) in [6.07, 6.45) is 1.77. The Labute approximate surface area is 101 Å². The number of sulfonamides is 1. The molecule has 2 N–H and O–H groups in total. The quantitative estimate of drug-likeness (QED) is 0.776. The number of hydrogen-bond acceptors (Lipinski definition) is 3. The molecule has 98 valence electrons. The van der Waals surface area contributed by atoms with E-state index < -0.39 is 16.1 Å². The van der Waals surface area contributed by atoms with E-state index in [1.165, 1.54) is 4.90 Å². The van der Waals surface area contributed by atoms with Crippen molar-refractivity contribution in [3.05, 3.63) is 0 Å². The molecule has 17 heavy (non-hydrogen) atoms. The molecule has 2 rings (SSSR count). The highest BCUT2D eigenvalue weighted by atomic mass is 32.2. The van der Waals surface area contributed by atoms with Crippen molar-refractivity contribution in [1.82, 2.24) is 9.62 Å². The first-order valence-corrected chi connectivity index (χ1v) is 7.49. The largest absolute Gasteiger partial charge is 0.465 e. The maximum Gasteiger partial charge on any atom is 0.407 e. The van der Waals surface area contributed by atoms with Crippen LogP contribution in [-0.4, -0.2) is 48.4 Å². The lowest BCUT2D eigenvalue weighted by atomic mass is 10.1. The highest BCUT2D eigenvalue weighted by Crippen LogP contribution is 2.29. The van der Waals surface area contributed by atoms with Crippen molar-refractivity contribution in [2.75, 3.05) is 6.54 Å². The van der Waals surface area contributed by atoms with E-state index in [1.54, 1.807) is 0 Å². The van der Waals surface area contributed by atoms with E-state index in [9.17, 15) is 13.2 Å². The Kier molecular flexibility index (Phi) is 3.31. The van der Waals surface area contributed by atoms with Crippen LogP contribution in [0.3, 0.4) is 0 Å². The van der Waals surface area contributed by atoms with Crippen LogP contribution in [-0.2, 0) is 10.0 Å². The third kappa shape index (κ3) is 2.71. The van der Waals surface area contributed by atoms with Gasteiger partial charge in [-0.05, 0) is 25.7 Å². The van der Waals surface area contributed by atoms with Gasteiger partial charge in [-0.2, -0.15) is 0 Å². The minimum Gasteiger partial charge on any atom is -0.465 e. The van der Waals surface area contributed by atoms with Gasteiger partial charge in [0.25, 0.3) is 0 Å². The Balaban J connectivity index is 1.98. The maximum absolute atomic E-state index is 11.7. The summed E-state index contributed by atoms with van der Waals surface area (Å²) in [6.45, 7) is 2.18. The number of likely N-dealkylation sites (tertiary alicyclic amines) is 1. The summed E-state index contributed by atoms with van der Waals surface area (Å²) < 4.78 is 26.1. The molecule has 1 heterocycles. The fourth-order valence-electron chi connectivity index (χ4n) is 2.33. The van der Waals surface area contributed by atoms with Crippen LogP contribution in [0.2, 0.25) is 0 Å². The highest BCUT2D eigenvalue weighted by molar-refractivity contribution is 7.90. The van der Waals surface area contributed by atoms with Gasteiger partial charge in [0.2, 0.25) is 10.0 Å². The van der Waals surface area contributed by atoms with Crippen molar-refractivity contribution in [1.29, 1.82) is 0 Å². The van der Waals surface area contributed by atoms with Gasteiger partial charge < -0.3 is 10.0 Å². The van der Waals surface area contributed by atoms with E-state index in [1.807, 2.05) is 6.92 Å². The number of nitrogens with zero attached hydrogens (tertiary/aromatic N) is 1. The van der Waals surface area contributed by atoms with Gasteiger partial charge in [-0.25, -0.2) is 17.9 Å². The Morgan fingerprint density at radius 2 is 2.12 bits per heavy atom. The van der Waals surface area contributed by atoms with Crippen molar-refractivity contribution in [2.24, 2.45) is 0 Å². The third-order valence-electron chi connectivity index (χ3n) is 3.43. The molecule has 0 aromatic carbocycles. The smallest absolute Gasteiger partial charge is 0.407 e. The Morgan fingerprint density at radius 3 is 2.53 bits per heavy atom. The first-order valence-electron chi connectivity index (χ1n) is 5.94. The lowest BCUT2D eigenvalue weighted by Crippen LogP contribution is -2.40. The van der Waals surface area contributed by atoms with E-state index in [2.05, 4.69) is 4.72 Å². The monoisotopic (exact) mass is 262 g/mol. The van der Waals surface area contributed by atoms with Crippen molar-refractivity contribution >= 4 is 16.1 Å². The van der Waals surface area contributed by atoms with Gasteiger partial charge in [-0.3, -0.25) is 0 Å². The van der Waals surface area contributed by atoms with E-state index in [0.717, 1.165) is 12.8 Å². The zero-order valence-electron chi connectivity index (χ0n) is 9.80.